The first kappa shape index (κ1) is 12.3. The van der Waals surface area contributed by atoms with Crippen LogP contribution in [0.4, 0.5) is 0 Å². The van der Waals surface area contributed by atoms with Gasteiger partial charge in [-0.2, -0.15) is 4.98 Å². The van der Waals surface area contributed by atoms with E-state index in [-0.39, 0.29) is 12.7 Å². The van der Waals surface area contributed by atoms with Gasteiger partial charge in [-0.1, -0.05) is 0 Å². The van der Waals surface area contributed by atoms with Gasteiger partial charge in [0, 0.05) is 6.42 Å². The molecular weight excluding hydrogens is 252 g/mol. The van der Waals surface area contributed by atoms with Gasteiger partial charge in [0.05, 0.1) is 19.8 Å². The molecule has 2 aromatic heterocycles. The third-order valence-electron chi connectivity index (χ3n) is 3.17. The third-order valence-corrected chi connectivity index (χ3v) is 3.17. The number of imidazole rings is 1. The van der Waals surface area contributed by atoms with Crippen LogP contribution in [0.25, 0.3) is 11.2 Å². The average Bonchev–Trinajstić information content (AvgIpc) is 3.01. The lowest BCUT2D eigenvalue weighted by Crippen LogP contribution is -2.19. The highest BCUT2D eigenvalue weighted by molar-refractivity contribution is 5.76. The minimum atomic E-state index is -0.723. The van der Waals surface area contributed by atoms with Crippen LogP contribution in [0.2, 0.25) is 0 Å². The highest BCUT2D eigenvalue weighted by Crippen LogP contribution is 2.32. The molecule has 0 unspecified atom stereocenters. The molecule has 0 aromatic carbocycles. The van der Waals surface area contributed by atoms with E-state index in [1.165, 1.54) is 19.8 Å². The summed E-state index contributed by atoms with van der Waals surface area (Å²) in [6.45, 7) is -0.131. The van der Waals surface area contributed by atoms with Crippen LogP contribution in [0, 0.1) is 0 Å². The van der Waals surface area contributed by atoms with Crippen molar-refractivity contribution in [2.45, 2.75) is 24.9 Å². The van der Waals surface area contributed by atoms with Crippen molar-refractivity contribution >= 4 is 11.2 Å². The highest BCUT2D eigenvalue weighted by atomic mass is 16.5. The molecule has 3 heterocycles. The smallest absolute Gasteiger partial charge is 0.243 e. The van der Waals surface area contributed by atoms with E-state index in [4.69, 9.17) is 14.6 Å². The summed E-state index contributed by atoms with van der Waals surface area (Å²) in [5.41, 5.74) is 1.03. The van der Waals surface area contributed by atoms with Gasteiger partial charge >= 0.3 is 0 Å². The first-order valence-electron chi connectivity index (χ1n) is 5.90. The normalized spacial score (nSPS) is 27.0. The molecule has 3 atom stereocenters. The summed E-state index contributed by atoms with van der Waals surface area (Å²) in [6.07, 6.45) is 1.53. The summed E-state index contributed by atoms with van der Waals surface area (Å²) < 4.78 is 12.4. The molecule has 1 aliphatic rings. The number of aliphatic hydroxyl groups excluding tert-OH is 2. The molecule has 0 amide bonds. The quantitative estimate of drug-likeness (QED) is 0.770. The Hall–Kier alpha value is -1.77. The molecule has 1 fully saturated rings. The van der Waals surface area contributed by atoms with Gasteiger partial charge in [-0.3, -0.25) is 4.57 Å². The van der Waals surface area contributed by atoms with Crippen molar-refractivity contribution in [3.8, 4) is 5.88 Å². The van der Waals surface area contributed by atoms with Gasteiger partial charge in [0.1, 0.15) is 18.8 Å². The Labute approximate surface area is 108 Å². The number of aliphatic hydroxyl groups is 2. The Morgan fingerprint density at radius 2 is 2.32 bits per heavy atom. The summed E-state index contributed by atoms with van der Waals surface area (Å²) in [7, 11) is 1.50. The fraction of sp³-hybridized carbons (Fsp3) is 0.545. The topological polar surface area (TPSA) is 103 Å². The average molecular weight is 266 g/mol. The molecule has 102 valence electrons. The third kappa shape index (κ3) is 1.93. The summed E-state index contributed by atoms with van der Waals surface area (Å²) in [5.74, 6) is 0.366. The second-order valence-corrected chi connectivity index (χ2v) is 4.34. The maximum atomic E-state index is 10.0. The second kappa shape index (κ2) is 4.72. The lowest BCUT2D eigenvalue weighted by atomic mass is 10.2. The maximum absolute atomic E-state index is 10.0. The Bertz CT molecular complexity index is 587. The molecular formula is C11H14N4O4. The van der Waals surface area contributed by atoms with Crippen LogP contribution >= 0.6 is 0 Å². The number of fused-ring (bicyclic) bond motifs is 1. The molecule has 0 bridgehead atoms. The first-order chi connectivity index (χ1) is 9.24. The number of methoxy groups -OCH3 is 1. The van der Waals surface area contributed by atoms with Gasteiger partial charge in [0.15, 0.2) is 17.4 Å². The van der Waals surface area contributed by atoms with E-state index in [0.29, 0.717) is 23.5 Å². The summed E-state index contributed by atoms with van der Waals surface area (Å²) in [5, 5.41) is 19.1. The molecule has 0 spiro atoms. The fourth-order valence-electron chi connectivity index (χ4n) is 2.29. The van der Waals surface area contributed by atoms with Crippen molar-refractivity contribution in [3.63, 3.8) is 0 Å². The predicted molar refractivity (Wildman–Crippen MR) is 63.5 cm³/mol. The molecule has 0 saturated carbocycles. The van der Waals surface area contributed by atoms with Gasteiger partial charge in [0.25, 0.3) is 0 Å². The summed E-state index contributed by atoms with van der Waals surface area (Å²) in [4.78, 5) is 12.2. The minimum absolute atomic E-state index is 0.131. The lowest BCUT2D eigenvalue weighted by Gasteiger charge is -2.17. The Morgan fingerprint density at radius 3 is 3.00 bits per heavy atom. The van der Waals surface area contributed by atoms with Gasteiger partial charge in [-0.05, 0) is 0 Å². The van der Waals surface area contributed by atoms with E-state index in [1.807, 2.05) is 0 Å². The van der Waals surface area contributed by atoms with E-state index >= 15 is 0 Å². The zero-order valence-electron chi connectivity index (χ0n) is 10.3. The number of hydrogen-bond acceptors (Lipinski definition) is 7. The molecule has 8 heteroatoms. The van der Waals surface area contributed by atoms with Crippen LogP contribution in [-0.2, 0) is 4.74 Å². The SMILES string of the molecule is COc1ncnc2ncn([C@H]3O[C@H](CO)C[C@@H]3O)c12. The maximum Gasteiger partial charge on any atom is 0.243 e. The standard InChI is InChI=1S/C11H14N4O4/c1-18-10-8-9(12-4-13-10)14-5-15(8)11-7(17)2-6(3-16)19-11/h4-7,11,16-17H,2-3H2,1H3/t6-,7-,11-/m0/s1. The fourth-order valence-corrected chi connectivity index (χ4v) is 2.29. The van der Waals surface area contributed by atoms with E-state index in [9.17, 15) is 5.11 Å². The lowest BCUT2D eigenvalue weighted by molar-refractivity contribution is -0.0485. The summed E-state index contributed by atoms with van der Waals surface area (Å²) >= 11 is 0. The van der Waals surface area contributed by atoms with Crippen molar-refractivity contribution in [1.29, 1.82) is 0 Å². The molecule has 0 radical (unpaired) electrons. The van der Waals surface area contributed by atoms with E-state index in [0.717, 1.165) is 0 Å². The Morgan fingerprint density at radius 1 is 1.47 bits per heavy atom. The second-order valence-electron chi connectivity index (χ2n) is 4.34. The molecule has 2 aromatic rings. The van der Waals surface area contributed by atoms with Crippen molar-refractivity contribution in [1.82, 2.24) is 19.5 Å². The van der Waals surface area contributed by atoms with Crippen LogP contribution in [0.5, 0.6) is 5.88 Å². The van der Waals surface area contributed by atoms with E-state index in [1.54, 1.807) is 4.57 Å². The van der Waals surface area contributed by atoms with Crippen molar-refractivity contribution in [3.05, 3.63) is 12.7 Å². The van der Waals surface area contributed by atoms with Gasteiger partial charge in [-0.25, -0.2) is 9.97 Å². The zero-order chi connectivity index (χ0) is 13.4. The summed E-state index contributed by atoms with van der Waals surface area (Å²) in [6, 6.07) is 0. The number of hydrogen-bond donors (Lipinski definition) is 2. The number of aromatic nitrogens is 4. The largest absolute Gasteiger partial charge is 0.479 e. The Balaban J connectivity index is 2.06. The Kier molecular flexibility index (Phi) is 3.05. The van der Waals surface area contributed by atoms with Crippen molar-refractivity contribution in [2.24, 2.45) is 0 Å². The van der Waals surface area contributed by atoms with Gasteiger partial charge in [-0.15, -0.1) is 0 Å². The minimum Gasteiger partial charge on any atom is -0.479 e. The molecule has 3 rings (SSSR count). The first-order valence-corrected chi connectivity index (χ1v) is 5.90. The van der Waals surface area contributed by atoms with Crippen LogP contribution in [0.15, 0.2) is 12.7 Å². The van der Waals surface area contributed by atoms with Gasteiger partial charge in [0.2, 0.25) is 5.88 Å². The van der Waals surface area contributed by atoms with Crippen molar-refractivity contribution in [2.75, 3.05) is 13.7 Å². The van der Waals surface area contributed by atoms with Crippen LogP contribution in [0.3, 0.4) is 0 Å². The zero-order valence-corrected chi connectivity index (χ0v) is 10.3. The van der Waals surface area contributed by atoms with E-state index < -0.39 is 12.3 Å². The van der Waals surface area contributed by atoms with E-state index in [2.05, 4.69) is 15.0 Å². The number of rotatable bonds is 3. The van der Waals surface area contributed by atoms with Gasteiger partial charge < -0.3 is 19.7 Å². The molecule has 19 heavy (non-hydrogen) atoms. The van der Waals surface area contributed by atoms with Crippen LogP contribution in [-0.4, -0.2) is 55.7 Å². The number of nitrogens with zero attached hydrogens (tertiary/aromatic N) is 4. The molecule has 1 aliphatic heterocycles. The molecule has 1 saturated heterocycles. The highest BCUT2D eigenvalue weighted by Gasteiger charge is 2.36. The van der Waals surface area contributed by atoms with Crippen molar-refractivity contribution < 1.29 is 19.7 Å². The molecule has 2 N–H and O–H groups in total. The van der Waals surface area contributed by atoms with Crippen LogP contribution < -0.4 is 4.74 Å². The molecule has 0 aliphatic carbocycles. The molecule has 8 nitrogen and oxygen atoms in total. The predicted octanol–water partition coefficient (Wildman–Crippen LogP) is -0.524. The number of ether oxygens (including phenoxy) is 2. The van der Waals surface area contributed by atoms with Crippen LogP contribution in [0.1, 0.15) is 12.6 Å². The monoisotopic (exact) mass is 266 g/mol.